The van der Waals surface area contributed by atoms with Crippen LogP contribution in [0.1, 0.15) is 13.8 Å². The zero-order valence-electron chi connectivity index (χ0n) is 11.4. The lowest BCUT2D eigenvalue weighted by Gasteiger charge is -2.49. The topological polar surface area (TPSA) is 28.6 Å². The number of pyridine rings is 1. The van der Waals surface area contributed by atoms with Crippen LogP contribution in [0.4, 0.5) is 5.82 Å². The van der Waals surface area contributed by atoms with E-state index in [1.807, 2.05) is 12.3 Å². The maximum atomic E-state index is 5.32. The number of halogens is 1. The standard InChI is InChI=1S/C14H20IN3O/c1-10-6-17(13-8-19-9-13)7-11(2)18(10)14-5-12(15)3-4-16-14/h3-5,10-11,13H,6-9H2,1-2H3/t10-,11?/m0/s1. The molecule has 1 unspecified atom stereocenters. The van der Waals surface area contributed by atoms with Gasteiger partial charge in [0.2, 0.25) is 0 Å². The van der Waals surface area contributed by atoms with Gasteiger partial charge in [-0.15, -0.1) is 0 Å². The second-order valence-electron chi connectivity index (χ2n) is 5.58. The first kappa shape index (κ1) is 13.6. The van der Waals surface area contributed by atoms with Gasteiger partial charge in [-0.25, -0.2) is 4.98 Å². The molecule has 3 rings (SSSR count). The van der Waals surface area contributed by atoms with Gasteiger partial charge in [0.05, 0.1) is 19.3 Å². The van der Waals surface area contributed by atoms with Crippen molar-refractivity contribution in [3.63, 3.8) is 0 Å². The monoisotopic (exact) mass is 373 g/mol. The highest BCUT2D eigenvalue weighted by Crippen LogP contribution is 2.26. The van der Waals surface area contributed by atoms with Gasteiger partial charge in [0, 0.05) is 34.9 Å². The predicted octanol–water partition coefficient (Wildman–Crippen LogP) is 1.98. The molecule has 3 heterocycles. The first-order valence-electron chi connectivity index (χ1n) is 6.87. The van der Waals surface area contributed by atoms with Crippen LogP contribution in [-0.2, 0) is 4.74 Å². The number of anilines is 1. The molecule has 1 aromatic heterocycles. The van der Waals surface area contributed by atoms with Gasteiger partial charge in [-0.05, 0) is 48.6 Å². The van der Waals surface area contributed by atoms with E-state index >= 15 is 0 Å². The molecule has 0 N–H and O–H groups in total. The summed E-state index contributed by atoms with van der Waals surface area (Å²) in [4.78, 5) is 9.58. The summed E-state index contributed by atoms with van der Waals surface area (Å²) in [6.45, 7) is 8.60. The molecule has 104 valence electrons. The second-order valence-corrected chi connectivity index (χ2v) is 6.83. The van der Waals surface area contributed by atoms with Gasteiger partial charge in [-0.3, -0.25) is 4.90 Å². The van der Waals surface area contributed by atoms with Crippen LogP contribution in [-0.4, -0.2) is 54.3 Å². The van der Waals surface area contributed by atoms with Gasteiger partial charge in [-0.1, -0.05) is 0 Å². The maximum Gasteiger partial charge on any atom is 0.130 e. The second kappa shape index (κ2) is 5.54. The lowest BCUT2D eigenvalue weighted by Crippen LogP contribution is -2.63. The summed E-state index contributed by atoms with van der Waals surface area (Å²) in [5.74, 6) is 1.11. The summed E-state index contributed by atoms with van der Waals surface area (Å²) < 4.78 is 6.56. The van der Waals surface area contributed by atoms with E-state index in [9.17, 15) is 0 Å². The normalized spacial score (nSPS) is 29.3. The summed E-state index contributed by atoms with van der Waals surface area (Å²) in [6.07, 6.45) is 1.91. The molecule has 0 spiro atoms. The third-order valence-corrected chi connectivity index (χ3v) is 4.73. The van der Waals surface area contributed by atoms with Gasteiger partial charge in [-0.2, -0.15) is 0 Å². The smallest absolute Gasteiger partial charge is 0.130 e. The highest BCUT2D eigenvalue weighted by atomic mass is 127. The third-order valence-electron chi connectivity index (χ3n) is 4.06. The van der Waals surface area contributed by atoms with E-state index in [0.717, 1.165) is 32.1 Å². The van der Waals surface area contributed by atoms with Crippen molar-refractivity contribution in [3.8, 4) is 0 Å². The van der Waals surface area contributed by atoms with Crippen molar-refractivity contribution in [2.75, 3.05) is 31.2 Å². The number of rotatable bonds is 2. The van der Waals surface area contributed by atoms with Crippen LogP contribution in [0.5, 0.6) is 0 Å². The van der Waals surface area contributed by atoms with Crippen LogP contribution >= 0.6 is 22.6 Å². The fourth-order valence-electron chi connectivity index (χ4n) is 3.08. The fraction of sp³-hybridized carbons (Fsp3) is 0.643. The molecule has 0 bridgehead atoms. The minimum atomic E-state index is 0.495. The van der Waals surface area contributed by atoms with Crippen molar-refractivity contribution in [1.29, 1.82) is 0 Å². The number of piperazine rings is 1. The molecular weight excluding hydrogens is 353 g/mol. The van der Waals surface area contributed by atoms with Crippen LogP contribution in [0.2, 0.25) is 0 Å². The van der Waals surface area contributed by atoms with Crippen molar-refractivity contribution >= 4 is 28.4 Å². The molecule has 5 heteroatoms. The Kier molecular flexibility index (Phi) is 3.96. The molecule has 1 aromatic rings. The Balaban J connectivity index is 1.76. The van der Waals surface area contributed by atoms with Crippen LogP contribution < -0.4 is 4.90 Å². The minimum absolute atomic E-state index is 0.495. The number of hydrogen-bond donors (Lipinski definition) is 0. The molecule has 2 fully saturated rings. The molecule has 2 aliphatic rings. The van der Waals surface area contributed by atoms with Crippen LogP contribution in [0.25, 0.3) is 0 Å². The number of ether oxygens (including phenoxy) is 1. The van der Waals surface area contributed by atoms with Gasteiger partial charge < -0.3 is 9.64 Å². The number of nitrogens with zero attached hydrogens (tertiary/aromatic N) is 3. The molecule has 2 atom stereocenters. The third kappa shape index (κ3) is 2.73. The van der Waals surface area contributed by atoms with Crippen molar-refractivity contribution in [2.45, 2.75) is 32.0 Å². The predicted molar refractivity (Wildman–Crippen MR) is 84.5 cm³/mol. The van der Waals surface area contributed by atoms with Crippen LogP contribution in [0.15, 0.2) is 18.3 Å². The molecule has 0 aliphatic carbocycles. The van der Waals surface area contributed by atoms with Gasteiger partial charge >= 0.3 is 0 Å². The van der Waals surface area contributed by atoms with E-state index in [1.165, 1.54) is 3.57 Å². The van der Waals surface area contributed by atoms with Crippen molar-refractivity contribution < 1.29 is 4.74 Å². The quantitative estimate of drug-likeness (QED) is 0.742. The van der Waals surface area contributed by atoms with E-state index in [-0.39, 0.29) is 0 Å². The van der Waals surface area contributed by atoms with Crippen LogP contribution in [0, 0.1) is 3.57 Å². The molecule has 19 heavy (non-hydrogen) atoms. The van der Waals surface area contributed by atoms with E-state index in [4.69, 9.17) is 4.74 Å². The SMILES string of the molecule is CC1CN(C2COC2)C[C@H](C)N1c1cc(I)ccn1. The largest absolute Gasteiger partial charge is 0.378 e. The molecule has 0 aromatic carbocycles. The first-order chi connectivity index (χ1) is 9.15. The molecule has 0 radical (unpaired) electrons. The number of aromatic nitrogens is 1. The maximum absolute atomic E-state index is 5.32. The Hall–Kier alpha value is -0.400. The summed E-state index contributed by atoms with van der Waals surface area (Å²) in [7, 11) is 0. The Morgan fingerprint density at radius 1 is 1.26 bits per heavy atom. The fourth-order valence-corrected chi connectivity index (χ4v) is 3.52. The zero-order chi connectivity index (χ0) is 13.4. The highest BCUT2D eigenvalue weighted by molar-refractivity contribution is 14.1. The summed E-state index contributed by atoms with van der Waals surface area (Å²) >= 11 is 2.35. The Morgan fingerprint density at radius 2 is 1.95 bits per heavy atom. The summed E-state index contributed by atoms with van der Waals surface area (Å²) in [5, 5.41) is 0. The molecule has 4 nitrogen and oxygen atoms in total. The summed E-state index contributed by atoms with van der Waals surface area (Å²) in [6, 6.07) is 5.85. The average Bonchev–Trinajstić information content (AvgIpc) is 2.25. The average molecular weight is 373 g/mol. The van der Waals surface area contributed by atoms with E-state index in [0.29, 0.717) is 18.1 Å². The Morgan fingerprint density at radius 3 is 2.47 bits per heavy atom. The highest BCUT2D eigenvalue weighted by Gasteiger charge is 2.36. The summed E-state index contributed by atoms with van der Waals surface area (Å²) in [5.41, 5.74) is 0. The number of hydrogen-bond acceptors (Lipinski definition) is 4. The van der Waals surface area contributed by atoms with Crippen molar-refractivity contribution in [2.24, 2.45) is 0 Å². The van der Waals surface area contributed by atoms with Crippen LogP contribution in [0.3, 0.4) is 0 Å². The van der Waals surface area contributed by atoms with Crippen molar-refractivity contribution in [1.82, 2.24) is 9.88 Å². The van der Waals surface area contributed by atoms with E-state index in [2.05, 4.69) is 57.3 Å². The molecule has 2 aliphatic heterocycles. The van der Waals surface area contributed by atoms with Gasteiger partial charge in [0.25, 0.3) is 0 Å². The van der Waals surface area contributed by atoms with Gasteiger partial charge in [0.15, 0.2) is 0 Å². The van der Waals surface area contributed by atoms with Crippen molar-refractivity contribution in [3.05, 3.63) is 21.9 Å². The van der Waals surface area contributed by atoms with Gasteiger partial charge in [0.1, 0.15) is 5.82 Å². The zero-order valence-corrected chi connectivity index (χ0v) is 13.6. The Labute approximate surface area is 128 Å². The molecule has 0 amide bonds. The van der Waals surface area contributed by atoms with E-state index in [1.54, 1.807) is 0 Å². The molecule has 2 saturated heterocycles. The van der Waals surface area contributed by atoms with E-state index < -0.39 is 0 Å². The Bertz CT molecular complexity index is 440. The molecule has 0 saturated carbocycles. The first-order valence-corrected chi connectivity index (χ1v) is 7.94. The molecular formula is C14H20IN3O. The lowest BCUT2D eigenvalue weighted by atomic mass is 10.0. The minimum Gasteiger partial charge on any atom is -0.378 e. The lowest BCUT2D eigenvalue weighted by molar-refractivity contribution is -0.0726.